The van der Waals surface area contributed by atoms with E-state index in [0.717, 1.165) is 42.7 Å². The largest absolute Gasteiger partial charge is 0.468 e. The topological polar surface area (TPSA) is 67.3 Å². The highest BCUT2D eigenvalue weighted by Gasteiger charge is 2.24. The lowest BCUT2D eigenvalue weighted by Gasteiger charge is -2.34. The minimum atomic E-state index is -0.266. The Labute approximate surface area is 139 Å². The molecule has 7 heteroatoms. The third-order valence-electron chi connectivity index (χ3n) is 4.10. The second-order valence-electron chi connectivity index (χ2n) is 5.55. The maximum atomic E-state index is 11.8. The number of ether oxygens (including phenoxy) is 1. The fourth-order valence-corrected chi connectivity index (χ4v) is 3.01. The molecule has 6 nitrogen and oxygen atoms in total. The summed E-state index contributed by atoms with van der Waals surface area (Å²) in [6, 6.07) is 5.87. The lowest BCUT2D eigenvalue weighted by molar-refractivity contribution is -0.139. The zero-order valence-electron chi connectivity index (χ0n) is 13.0. The lowest BCUT2D eigenvalue weighted by Crippen LogP contribution is -2.46. The Morgan fingerprint density at radius 1 is 1.43 bits per heavy atom. The van der Waals surface area contributed by atoms with Crippen LogP contribution in [0.3, 0.4) is 0 Å². The Balaban J connectivity index is 1.95. The van der Waals surface area contributed by atoms with E-state index in [4.69, 9.17) is 16.3 Å². The van der Waals surface area contributed by atoms with E-state index in [2.05, 4.69) is 15.3 Å². The summed E-state index contributed by atoms with van der Waals surface area (Å²) < 4.78 is 4.84. The fourth-order valence-electron chi connectivity index (χ4n) is 2.86. The van der Waals surface area contributed by atoms with Crippen LogP contribution in [0.15, 0.2) is 24.4 Å². The number of rotatable bonds is 4. The molecule has 2 aromatic heterocycles. The summed E-state index contributed by atoms with van der Waals surface area (Å²) in [5, 5.41) is 4.66. The number of halogens is 1. The van der Waals surface area contributed by atoms with E-state index in [9.17, 15) is 4.79 Å². The third-order valence-corrected chi connectivity index (χ3v) is 4.30. The minimum absolute atomic E-state index is 0.193. The number of fused-ring (bicyclic) bond motifs is 1. The average molecular weight is 335 g/mol. The quantitative estimate of drug-likeness (QED) is 0.681. The minimum Gasteiger partial charge on any atom is -0.468 e. The molecular formula is C16H19ClN4O2. The molecule has 2 aromatic rings. The molecule has 0 radical (unpaired) electrons. The van der Waals surface area contributed by atoms with Gasteiger partial charge >= 0.3 is 5.97 Å². The first-order valence-corrected chi connectivity index (χ1v) is 8.01. The van der Waals surface area contributed by atoms with Crippen LogP contribution >= 0.6 is 11.6 Å². The van der Waals surface area contributed by atoms with E-state index in [1.54, 1.807) is 12.3 Å². The normalized spacial score (nSPS) is 15.6. The van der Waals surface area contributed by atoms with Crippen molar-refractivity contribution in [2.24, 2.45) is 0 Å². The molecule has 0 aromatic carbocycles. The van der Waals surface area contributed by atoms with Crippen LogP contribution in [0.1, 0.15) is 12.8 Å². The first kappa shape index (κ1) is 16.0. The van der Waals surface area contributed by atoms with Crippen molar-refractivity contribution in [2.45, 2.75) is 18.9 Å². The van der Waals surface area contributed by atoms with Crippen LogP contribution in [0.4, 0.5) is 5.82 Å². The number of hydrogen-bond acceptors (Lipinski definition) is 6. The maximum Gasteiger partial charge on any atom is 0.325 e. The molecule has 1 aliphatic heterocycles. The van der Waals surface area contributed by atoms with Crippen LogP contribution in [0.25, 0.3) is 10.9 Å². The van der Waals surface area contributed by atoms with Crippen molar-refractivity contribution < 1.29 is 9.53 Å². The molecule has 1 fully saturated rings. The zero-order valence-corrected chi connectivity index (χ0v) is 13.7. The van der Waals surface area contributed by atoms with Gasteiger partial charge in [0.25, 0.3) is 0 Å². The SMILES string of the molecule is COC(=O)CN(c1ccc2cnc(Cl)cc2n1)C1CCNCC1. The molecule has 1 saturated heterocycles. The molecule has 0 spiro atoms. The van der Waals surface area contributed by atoms with E-state index >= 15 is 0 Å². The van der Waals surface area contributed by atoms with Gasteiger partial charge < -0.3 is 15.0 Å². The number of hydrogen-bond donors (Lipinski definition) is 1. The van der Waals surface area contributed by atoms with Crippen molar-refractivity contribution in [3.63, 3.8) is 0 Å². The summed E-state index contributed by atoms with van der Waals surface area (Å²) in [4.78, 5) is 22.6. The van der Waals surface area contributed by atoms with Gasteiger partial charge in [0, 0.05) is 23.7 Å². The molecule has 1 aliphatic rings. The fraction of sp³-hybridized carbons (Fsp3) is 0.438. The molecule has 23 heavy (non-hydrogen) atoms. The Bertz CT molecular complexity index is 704. The highest BCUT2D eigenvalue weighted by atomic mass is 35.5. The van der Waals surface area contributed by atoms with Gasteiger partial charge in [-0.1, -0.05) is 11.6 Å². The van der Waals surface area contributed by atoms with E-state index < -0.39 is 0 Å². The first-order valence-electron chi connectivity index (χ1n) is 7.64. The van der Waals surface area contributed by atoms with Crippen LogP contribution in [0, 0.1) is 0 Å². The van der Waals surface area contributed by atoms with Gasteiger partial charge in [-0.3, -0.25) is 4.79 Å². The average Bonchev–Trinajstić information content (AvgIpc) is 2.59. The van der Waals surface area contributed by atoms with Gasteiger partial charge in [0.2, 0.25) is 0 Å². The van der Waals surface area contributed by atoms with Crippen LogP contribution in [-0.2, 0) is 9.53 Å². The van der Waals surface area contributed by atoms with Crippen molar-refractivity contribution in [3.8, 4) is 0 Å². The van der Waals surface area contributed by atoms with Crippen LogP contribution in [0.2, 0.25) is 5.15 Å². The summed E-state index contributed by atoms with van der Waals surface area (Å²) in [5.74, 6) is 0.496. The predicted molar refractivity (Wildman–Crippen MR) is 89.8 cm³/mol. The van der Waals surface area contributed by atoms with Crippen LogP contribution in [0.5, 0.6) is 0 Å². The van der Waals surface area contributed by atoms with E-state index in [0.29, 0.717) is 5.15 Å². The number of anilines is 1. The molecule has 0 bridgehead atoms. The second-order valence-corrected chi connectivity index (χ2v) is 5.94. The Morgan fingerprint density at radius 2 is 2.22 bits per heavy atom. The monoisotopic (exact) mass is 334 g/mol. The molecule has 0 unspecified atom stereocenters. The van der Waals surface area contributed by atoms with Crippen molar-refractivity contribution in [1.29, 1.82) is 0 Å². The summed E-state index contributed by atoms with van der Waals surface area (Å²) >= 11 is 5.96. The Hall–Kier alpha value is -1.92. The second kappa shape index (κ2) is 7.10. The van der Waals surface area contributed by atoms with Gasteiger partial charge in [-0.25, -0.2) is 9.97 Å². The highest BCUT2D eigenvalue weighted by Crippen LogP contribution is 2.23. The Morgan fingerprint density at radius 3 is 2.96 bits per heavy atom. The van der Waals surface area contributed by atoms with Crippen LogP contribution in [-0.4, -0.2) is 48.7 Å². The number of aromatic nitrogens is 2. The number of piperidine rings is 1. The number of carbonyl (C=O) groups is 1. The first-order chi connectivity index (χ1) is 11.2. The highest BCUT2D eigenvalue weighted by molar-refractivity contribution is 6.30. The predicted octanol–water partition coefficient (Wildman–Crippen LogP) is 2.01. The number of esters is 1. The molecule has 0 atom stereocenters. The smallest absolute Gasteiger partial charge is 0.325 e. The molecule has 3 rings (SSSR count). The molecule has 0 saturated carbocycles. The molecule has 3 heterocycles. The molecule has 0 aliphatic carbocycles. The molecule has 0 amide bonds. The number of carbonyl (C=O) groups excluding carboxylic acids is 1. The lowest BCUT2D eigenvalue weighted by atomic mass is 10.0. The van der Waals surface area contributed by atoms with Crippen molar-refractivity contribution in [2.75, 3.05) is 31.6 Å². The van der Waals surface area contributed by atoms with Gasteiger partial charge in [0.1, 0.15) is 17.5 Å². The van der Waals surface area contributed by atoms with Crippen molar-refractivity contribution >= 4 is 34.3 Å². The molecular weight excluding hydrogens is 316 g/mol. The zero-order chi connectivity index (χ0) is 16.2. The van der Waals surface area contributed by atoms with Gasteiger partial charge in [0.15, 0.2) is 0 Å². The molecule has 122 valence electrons. The van der Waals surface area contributed by atoms with Gasteiger partial charge in [-0.2, -0.15) is 0 Å². The van der Waals surface area contributed by atoms with E-state index in [1.807, 2.05) is 17.0 Å². The molecule has 1 N–H and O–H groups in total. The van der Waals surface area contributed by atoms with Crippen molar-refractivity contribution in [1.82, 2.24) is 15.3 Å². The summed E-state index contributed by atoms with van der Waals surface area (Å²) in [5.41, 5.74) is 0.770. The Kier molecular flexibility index (Phi) is 4.93. The van der Waals surface area contributed by atoms with Gasteiger partial charge in [0.05, 0.1) is 12.6 Å². The van der Waals surface area contributed by atoms with Crippen molar-refractivity contribution in [3.05, 3.63) is 29.5 Å². The van der Waals surface area contributed by atoms with E-state index in [-0.39, 0.29) is 18.6 Å². The van der Waals surface area contributed by atoms with E-state index in [1.165, 1.54) is 7.11 Å². The number of pyridine rings is 2. The number of nitrogens with one attached hydrogen (secondary N) is 1. The summed E-state index contributed by atoms with van der Waals surface area (Å²) in [7, 11) is 1.40. The standard InChI is InChI=1S/C16H19ClN4O2/c1-23-16(22)10-21(12-4-6-18-7-5-12)15-3-2-11-9-19-14(17)8-13(11)20-15/h2-3,8-9,12,18H,4-7,10H2,1H3. The maximum absolute atomic E-state index is 11.8. The summed E-state index contributed by atoms with van der Waals surface area (Å²) in [6.45, 7) is 2.07. The number of methoxy groups -OCH3 is 1. The van der Waals surface area contributed by atoms with Gasteiger partial charge in [-0.15, -0.1) is 0 Å². The number of nitrogens with zero attached hydrogens (tertiary/aromatic N) is 3. The summed E-state index contributed by atoms with van der Waals surface area (Å²) in [6.07, 6.45) is 3.63. The van der Waals surface area contributed by atoms with Gasteiger partial charge in [-0.05, 0) is 38.1 Å². The third kappa shape index (κ3) is 3.71. The van der Waals surface area contributed by atoms with Crippen LogP contribution < -0.4 is 10.2 Å².